The molecule has 2 aromatic carbocycles. The van der Waals surface area contributed by atoms with Crippen molar-refractivity contribution in [2.24, 2.45) is 0 Å². The molecule has 0 spiro atoms. The molecule has 0 aliphatic carbocycles. The monoisotopic (exact) mass is 339 g/mol. The number of nitrogens with one attached hydrogen (secondary N) is 3. The summed E-state index contributed by atoms with van der Waals surface area (Å²) in [5.74, 6) is 0.175. The standard InChI is InChI=1S/C23H21N3/c1-14-21(17-7-3-5-9-19(17)25-14)23(16-11-12-24-13-16)22-15(2)26-20-10-6-4-8-18(20)22/h3-13,23-26H,1-2H3. The molecular formula is C23H21N3. The number of para-hydroxylation sites is 2. The Hall–Kier alpha value is -3.20. The molecule has 0 saturated carbocycles. The van der Waals surface area contributed by atoms with Crippen LogP contribution in [0, 0.1) is 13.8 Å². The van der Waals surface area contributed by atoms with E-state index in [0.29, 0.717) is 0 Å². The Balaban J connectivity index is 1.88. The topological polar surface area (TPSA) is 47.4 Å². The number of benzene rings is 2. The smallest absolute Gasteiger partial charge is 0.0459 e. The van der Waals surface area contributed by atoms with Crippen molar-refractivity contribution < 1.29 is 0 Å². The lowest BCUT2D eigenvalue weighted by Crippen LogP contribution is -2.05. The first-order valence-electron chi connectivity index (χ1n) is 9.01. The van der Waals surface area contributed by atoms with Crippen molar-refractivity contribution in [1.29, 1.82) is 0 Å². The summed E-state index contributed by atoms with van der Waals surface area (Å²) in [4.78, 5) is 10.4. The van der Waals surface area contributed by atoms with Gasteiger partial charge in [-0.1, -0.05) is 36.4 Å². The van der Waals surface area contributed by atoms with Gasteiger partial charge < -0.3 is 15.0 Å². The summed E-state index contributed by atoms with van der Waals surface area (Å²) in [6.45, 7) is 4.36. The molecule has 3 nitrogen and oxygen atoms in total. The first kappa shape index (κ1) is 15.1. The summed E-state index contributed by atoms with van der Waals surface area (Å²) in [6, 6.07) is 19.4. The normalized spacial score (nSPS) is 11.8. The van der Waals surface area contributed by atoms with Crippen LogP contribution >= 0.6 is 0 Å². The van der Waals surface area contributed by atoms with Crippen LogP contribution in [0.5, 0.6) is 0 Å². The maximum absolute atomic E-state index is 3.58. The van der Waals surface area contributed by atoms with Crippen LogP contribution in [0.1, 0.15) is 34.0 Å². The Bertz CT molecular complexity index is 1130. The zero-order valence-electron chi connectivity index (χ0n) is 14.9. The fraction of sp³-hybridized carbons (Fsp3) is 0.130. The Labute approximate surface area is 152 Å². The molecule has 128 valence electrons. The predicted molar refractivity (Wildman–Crippen MR) is 108 cm³/mol. The highest BCUT2D eigenvalue weighted by Gasteiger charge is 2.27. The third-order valence-electron chi connectivity index (χ3n) is 5.42. The lowest BCUT2D eigenvalue weighted by molar-refractivity contribution is 0.964. The van der Waals surface area contributed by atoms with Crippen LogP contribution in [0.25, 0.3) is 21.8 Å². The van der Waals surface area contributed by atoms with Crippen molar-refractivity contribution in [3.8, 4) is 0 Å². The molecule has 3 heterocycles. The minimum atomic E-state index is 0.175. The minimum Gasteiger partial charge on any atom is -0.367 e. The Morgan fingerprint density at radius 3 is 1.73 bits per heavy atom. The van der Waals surface area contributed by atoms with Gasteiger partial charge >= 0.3 is 0 Å². The summed E-state index contributed by atoms with van der Waals surface area (Å²) < 4.78 is 0. The average molecular weight is 339 g/mol. The van der Waals surface area contributed by atoms with Gasteiger partial charge in [0.1, 0.15) is 0 Å². The second-order valence-electron chi connectivity index (χ2n) is 7.00. The van der Waals surface area contributed by atoms with Gasteiger partial charge in [0.15, 0.2) is 0 Å². The molecule has 26 heavy (non-hydrogen) atoms. The fourth-order valence-electron chi connectivity index (χ4n) is 4.33. The molecular weight excluding hydrogens is 318 g/mol. The third-order valence-corrected chi connectivity index (χ3v) is 5.42. The first-order chi connectivity index (χ1) is 12.7. The van der Waals surface area contributed by atoms with Gasteiger partial charge in [-0.05, 0) is 48.7 Å². The Morgan fingerprint density at radius 2 is 1.23 bits per heavy atom. The van der Waals surface area contributed by atoms with Crippen molar-refractivity contribution in [2.75, 3.05) is 0 Å². The van der Waals surface area contributed by atoms with E-state index in [-0.39, 0.29) is 5.92 Å². The van der Waals surface area contributed by atoms with Crippen LogP contribution < -0.4 is 0 Å². The van der Waals surface area contributed by atoms with E-state index in [9.17, 15) is 0 Å². The number of aromatic amines is 3. The van der Waals surface area contributed by atoms with Crippen LogP contribution in [0.2, 0.25) is 0 Å². The molecule has 0 fully saturated rings. The van der Waals surface area contributed by atoms with Crippen molar-refractivity contribution in [1.82, 2.24) is 15.0 Å². The maximum Gasteiger partial charge on any atom is 0.0459 e. The second-order valence-corrected chi connectivity index (χ2v) is 7.00. The molecule has 5 aromatic rings. The molecule has 0 aliphatic heterocycles. The highest BCUT2D eigenvalue weighted by molar-refractivity contribution is 5.90. The zero-order chi connectivity index (χ0) is 17.7. The fourth-order valence-corrected chi connectivity index (χ4v) is 4.33. The average Bonchev–Trinajstić information content (AvgIpc) is 3.35. The molecule has 3 heteroatoms. The van der Waals surface area contributed by atoms with Gasteiger partial charge in [-0.25, -0.2) is 0 Å². The van der Waals surface area contributed by atoms with E-state index >= 15 is 0 Å². The zero-order valence-corrected chi connectivity index (χ0v) is 14.9. The van der Waals surface area contributed by atoms with E-state index in [1.54, 1.807) is 0 Å². The molecule has 5 rings (SSSR count). The predicted octanol–water partition coefficient (Wildman–Crippen LogP) is 5.77. The number of hydrogen-bond acceptors (Lipinski definition) is 0. The van der Waals surface area contributed by atoms with E-state index < -0.39 is 0 Å². The van der Waals surface area contributed by atoms with Crippen LogP contribution in [-0.4, -0.2) is 15.0 Å². The Morgan fingerprint density at radius 1 is 0.692 bits per heavy atom. The number of fused-ring (bicyclic) bond motifs is 2. The second kappa shape index (κ2) is 5.67. The van der Waals surface area contributed by atoms with E-state index in [1.807, 2.05) is 6.20 Å². The van der Waals surface area contributed by atoms with Gasteiger partial charge in [0, 0.05) is 51.5 Å². The van der Waals surface area contributed by atoms with E-state index in [4.69, 9.17) is 0 Å². The molecule has 3 N–H and O–H groups in total. The minimum absolute atomic E-state index is 0.175. The first-order valence-corrected chi connectivity index (χ1v) is 9.01. The van der Waals surface area contributed by atoms with Gasteiger partial charge in [0.2, 0.25) is 0 Å². The SMILES string of the molecule is Cc1[nH]c2ccccc2c1C(c1cc[nH]c1)c1c(C)[nH]c2ccccc12. The van der Waals surface area contributed by atoms with Crippen LogP contribution in [0.15, 0.2) is 67.0 Å². The summed E-state index contributed by atoms with van der Waals surface area (Å²) >= 11 is 0. The van der Waals surface area contributed by atoms with Crippen LogP contribution in [0.4, 0.5) is 0 Å². The molecule has 3 aromatic heterocycles. The molecule has 0 amide bonds. The summed E-state index contributed by atoms with van der Waals surface area (Å²) in [6.07, 6.45) is 4.13. The van der Waals surface area contributed by atoms with Crippen molar-refractivity contribution in [2.45, 2.75) is 19.8 Å². The number of rotatable bonds is 3. The van der Waals surface area contributed by atoms with Crippen LogP contribution in [0.3, 0.4) is 0 Å². The number of H-pyrrole nitrogens is 3. The van der Waals surface area contributed by atoms with Crippen molar-refractivity contribution in [3.05, 3.63) is 95.1 Å². The highest BCUT2D eigenvalue weighted by atomic mass is 14.7. The number of aryl methyl sites for hydroxylation is 2. The summed E-state index contributed by atoms with van der Waals surface area (Å²) in [5, 5.41) is 2.58. The third kappa shape index (κ3) is 2.14. The maximum atomic E-state index is 3.58. The summed E-state index contributed by atoms with van der Waals surface area (Å²) in [7, 11) is 0. The molecule has 0 radical (unpaired) electrons. The lowest BCUT2D eigenvalue weighted by Gasteiger charge is -2.18. The molecule has 0 atom stereocenters. The van der Waals surface area contributed by atoms with Gasteiger partial charge in [-0.2, -0.15) is 0 Å². The number of aromatic nitrogens is 3. The molecule has 0 aliphatic rings. The van der Waals surface area contributed by atoms with E-state index in [0.717, 1.165) is 0 Å². The van der Waals surface area contributed by atoms with E-state index in [1.165, 1.54) is 49.9 Å². The van der Waals surface area contributed by atoms with E-state index in [2.05, 4.69) is 89.6 Å². The number of hydrogen-bond donors (Lipinski definition) is 3. The molecule has 0 saturated heterocycles. The highest BCUT2D eigenvalue weighted by Crippen LogP contribution is 2.42. The van der Waals surface area contributed by atoms with Gasteiger partial charge in [-0.15, -0.1) is 0 Å². The quantitative estimate of drug-likeness (QED) is 0.373. The molecule has 0 unspecified atom stereocenters. The Kier molecular flexibility index (Phi) is 3.29. The van der Waals surface area contributed by atoms with Gasteiger partial charge in [0.05, 0.1) is 0 Å². The lowest BCUT2D eigenvalue weighted by atomic mass is 9.83. The largest absolute Gasteiger partial charge is 0.367 e. The molecule has 0 bridgehead atoms. The van der Waals surface area contributed by atoms with Crippen molar-refractivity contribution >= 4 is 21.8 Å². The van der Waals surface area contributed by atoms with Crippen molar-refractivity contribution in [3.63, 3.8) is 0 Å². The van der Waals surface area contributed by atoms with Gasteiger partial charge in [-0.3, -0.25) is 0 Å². The van der Waals surface area contributed by atoms with Gasteiger partial charge in [0.25, 0.3) is 0 Å². The summed E-state index contributed by atoms with van der Waals surface area (Å²) in [5.41, 5.74) is 8.83. The van der Waals surface area contributed by atoms with Crippen LogP contribution in [-0.2, 0) is 0 Å².